The van der Waals surface area contributed by atoms with Crippen molar-refractivity contribution in [1.82, 2.24) is 15.1 Å². The second-order valence-electron chi connectivity index (χ2n) is 3.03. The van der Waals surface area contributed by atoms with E-state index in [1.54, 1.807) is 4.68 Å². The lowest BCUT2D eigenvalue weighted by Crippen LogP contribution is -2.25. The first-order valence-electron chi connectivity index (χ1n) is 5.06. The molecule has 14 heavy (non-hydrogen) atoms. The van der Waals surface area contributed by atoms with E-state index in [1.165, 1.54) is 0 Å². The Hall–Kier alpha value is -1.32. The number of nitrogens with zero attached hydrogens (tertiary/aromatic N) is 2. The number of nitrogens with one attached hydrogen (secondary N) is 1. The molecule has 1 amide bonds. The summed E-state index contributed by atoms with van der Waals surface area (Å²) in [6, 6.07) is 2.03. The van der Waals surface area contributed by atoms with Crippen molar-refractivity contribution in [3.8, 4) is 0 Å². The van der Waals surface area contributed by atoms with E-state index in [9.17, 15) is 4.79 Å². The molecule has 2 heterocycles. The van der Waals surface area contributed by atoms with E-state index >= 15 is 0 Å². The van der Waals surface area contributed by atoms with Crippen molar-refractivity contribution >= 4 is 5.91 Å². The molecule has 0 bridgehead atoms. The van der Waals surface area contributed by atoms with Gasteiger partial charge in [-0.15, -0.1) is 0 Å². The van der Waals surface area contributed by atoms with Crippen molar-refractivity contribution in [2.75, 3.05) is 6.54 Å². The van der Waals surface area contributed by atoms with Gasteiger partial charge in [0.05, 0.1) is 5.69 Å². The Kier molecular flexibility index (Phi) is 3.68. The third kappa shape index (κ3) is 2.34. The van der Waals surface area contributed by atoms with Gasteiger partial charge in [0.1, 0.15) is 6.54 Å². The van der Waals surface area contributed by atoms with Gasteiger partial charge in [0.2, 0.25) is 5.91 Å². The topological polar surface area (TPSA) is 46.9 Å². The molecule has 80 valence electrons. The number of carbonyl (C=O) groups excluding carboxylic acids is 1. The average molecular weight is 197 g/mol. The van der Waals surface area contributed by atoms with Gasteiger partial charge in [0, 0.05) is 20.1 Å². The van der Waals surface area contributed by atoms with Crippen molar-refractivity contribution in [1.29, 1.82) is 0 Å². The highest BCUT2D eigenvalue weighted by Crippen LogP contribution is 2.06. The Morgan fingerprint density at radius 3 is 3.00 bits per heavy atom. The molecule has 0 radical (unpaired) electrons. The molecule has 1 aliphatic heterocycles. The van der Waals surface area contributed by atoms with Gasteiger partial charge in [-0.1, -0.05) is 13.8 Å². The molecule has 1 aromatic heterocycles. The van der Waals surface area contributed by atoms with Crippen LogP contribution in [0.2, 0.25) is 0 Å². The minimum atomic E-state index is 0. The Morgan fingerprint density at radius 1 is 1.57 bits per heavy atom. The summed E-state index contributed by atoms with van der Waals surface area (Å²) in [4.78, 5) is 11.1. The molecule has 0 aliphatic carbocycles. The molecular formula is C10H19N3O. The van der Waals surface area contributed by atoms with Crippen LogP contribution in [0.3, 0.4) is 0 Å². The van der Waals surface area contributed by atoms with Crippen LogP contribution in [-0.4, -0.2) is 22.2 Å². The zero-order chi connectivity index (χ0) is 10.6. The van der Waals surface area contributed by atoms with Crippen LogP contribution in [0.15, 0.2) is 6.07 Å². The normalized spacial score (nSPS) is 14.6. The van der Waals surface area contributed by atoms with Crippen molar-refractivity contribution in [2.45, 2.75) is 33.7 Å². The molecule has 4 nitrogen and oxygen atoms in total. The Labute approximate surface area is 85.8 Å². The maximum Gasteiger partial charge on any atom is 0.241 e. The van der Waals surface area contributed by atoms with E-state index in [4.69, 9.17) is 0 Å². The summed E-state index contributed by atoms with van der Waals surface area (Å²) in [5.74, 6) is 0.0526. The van der Waals surface area contributed by atoms with E-state index in [0.29, 0.717) is 6.54 Å². The van der Waals surface area contributed by atoms with Gasteiger partial charge in [-0.25, -0.2) is 0 Å². The van der Waals surface area contributed by atoms with Gasteiger partial charge in [0.15, 0.2) is 0 Å². The second-order valence-corrected chi connectivity index (χ2v) is 3.03. The third-order valence-electron chi connectivity index (χ3n) is 1.98. The lowest BCUT2D eigenvalue weighted by atomic mass is 10.3. The van der Waals surface area contributed by atoms with Crippen LogP contribution in [0.25, 0.3) is 0 Å². The van der Waals surface area contributed by atoms with Crippen LogP contribution in [-0.2, 0) is 17.8 Å². The number of rotatable bonds is 0. The summed E-state index contributed by atoms with van der Waals surface area (Å²) in [6.45, 7) is 7.03. The molecule has 0 atom stereocenters. The van der Waals surface area contributed by atoms with Crippen molar-refractivity contribution in [3.63, 3.8) is 0 Å². The molecule has 0 fully saturated rings. The van der Waals surface area contributed by atoms with Crippen molar-refractivity contribution < 1.29 is 6.22 Å². The fraction of sp³-hybridized carbons (Fsp3) is 0.600. The van der Waals surface area contributed by atoms with Crippen LogP contribution in [0.5, 0.6) is 0 Å². The number of aryl methyl sites for hydroxylation is 1. The van der Waals surface area contributed by atoms with Gasteiger partial charge in [-0.2, -0.15) is 5.10 Å². The van der Waals surface area contributed by atoms with E-state index in [2.05, 4.69) is 10.4 Å². The molecule has 1 N–H and O–H groups in total. The average Bonchev–Trinajstić information content (AvgIpc) is 2.41. The molecule has 2 rings (SSSR count). The molecule has 0 spiro atoms. The van der Waals surface area contributed by atoms with Crippen LogP contribution in [0.1, 0.15) is 26.7 Å². The van der Waals surface area contributed by atoms with Gasteiger partial charge in [-0.05, 0) is 13.0 Å². The molecule has 0 saturated heterocycles. The summed E-state index contributed by atoms with van der Waals surface area (Å²) in [5.41, 5.74) is 2.13. The van der Waals surface area contributed by atoms with Gasteiger partial charge >= 0.3 is 0 Å². The molecule has 0 unspecified atom stereocenters. The standard InChI is InChI=1S/C8H11N3O.C2H6.H2/c1-6-4-7-2-3-9-8(12)5-11(7)10-6;1-2;/h4H,2-3,5H2,1H3,(H,9,12);1-2H3;1H. The zero-order valence-electron chi connectivity index (χ0n) is 9.00. The van der Waals surface area contributed by atoms with Crippen LogP contribution in [0, 0.1) is 6.92 Å². The Morgan fingerprint density at radius 2 is 2.29 bits per heavy atom. The summed E-state index contributed by atoms with van der Waals surface area (Å²) in [7, 11) is 0. The third-order valence-corrected chi connectivity index (χ3v) is 1.98. The molecule has 0 saturated carbocycles. The minimum Gasteiger partial charge on any atom is -0.354 e. The fourth-order valence-corrected chi connectivity index (χ4v) is 1.46. The lowest BCUT2D eigenvalue weighted by Gasteiger charge is -1.98. The number of hydrogen-bond acceptors (Lipinski definition) is 2. The first kappa shape index (κ1) is 10.8. The molecule has 0 aromatic carbocycles. The number of fused-ring (bicyclic) bond motifs is 1. The van der Waals surface area contributed by atoms with Crippen molar-refractivity contribution in [2.24, 2.45) is 0 Å². The van der Waals surface area contributed by atoms with Gasteiger partial charge in [0.25, 0.3) is 0 Å². The van der Waals surface area contributed by atoms with Gasteiger partial charge < -0.3 is 5.32 Å². The van der Waals surface area contributed by atoms with Gasteiger partial charge in [-0.3, -0.25) is 9.48 Å². The monoisotopic (exact) mass is 197 g/mol. The quantitative estimate of drug-likeness (QED) is 0.678. The number of aromatic nitrogens is 2. The second kappa shape index (κ2) is 4.79. The minimum absolute atomic E-state index is 0. The fourth-order valence-electron chi connectivity index (χ4n) is 1.46. The van der Waals surface area contributed by atoms with Crippen LogP contribution < -0.4 is 5.32 Å². The molecule has 1 aliphatic rings. The maximum absolute atomic E-state index is 11.1. The Balaban J connectivity index is 0.000000617. The largest absolute Gasteiger partial charge is 0.354 e. The van der Waals surface area contributed by atoms with E-state index in [1.807, 2.05) is 26.8 Å². The maximum atomic E-state index is 11.1. The van der Waals surface area contributed by atoms with E-state index in [-0.39, 0.29) is 7.33 Å². The number of hydrogen-bond donors (Lipinski definition) is 1. The number of carbonyl (C=O) groups is 1. The summed E-state index contributed by atoms with van der Waals surface area (Å²) in [5, 5.41) is 7.01. The lowest BCUT2D eigenvalue weighted by molar-refractivity contribution is -0.121. The van der Waals surface area contributed by atoms with Crippen molar-refractivity contribution in [3.05, 3.63) is 17.5 Å². The molecule has 1 aromatic rings. The van der Waals surface area contributed by atoms with Crippen LogP contribution in [0.4, 0.5) is 0 Å². The Bertz CT molecular complexity index is 322. The van der Waals surface area contributed by atoms with Crippen LogP contribution >= 0.6 is 0 Å². The summed E-state index contributed by atoms with van der Waals surface area (Å²) < 4.78 is 1.78. The highest BCUT2D eigenvalue weighted by atomic mass is 16.2. The highest BCUT2D eigenvalue weighted by molar-refractivity contribution is 5.76. The zero-order valence-corrected chi connectivity index (χ0v) is 9.00. The summed E-state index contributed by atoms with van der Waals surface area (Å²) in [6.07, 6.45) is 0.882. The first-order valence-corrected chi connectivity index (χ1v) is 5.06. The first-order chi connectivity index (χ1) is 6.75. The molecular weight excluding hydrogens is 178 g/mol. The highest BCUT2D eigenvalue weighted by Gasteiger charge is 2.13. The molecule has 4 heteroatoms. The summed E-state index contributed by atoms with van der Waals surface area (Å²) >= 11 is 0. The van der Waals surface area contributed by atoms with E-state index < -0.39 is 0 Å². The van der Waals surface area contributed by atoms with E-state index in [0.717, 1.165) is 24.4 Å². The predicted octanol–water partition coefficient (Wildman–Crippen LogP) is 1.14. The number of amides is 1. The SMILES string of the molecule is CC.Cc1cc2n(n1)CC(=O)NCC2.[HH]. The smallest absolute Gasteiger partial charge is 0.241 e. The predicted molar refractivity (Wildman–Crippen MR) is 57.1 cm³/mol.